The summed E-state index contributed by atoms with van der Waals surface area (Å²) >= 11 is 2.47. The van der Waals surface area contributed by atoms with Crippen LogP contribution in [-0.4, -0.2) is 41.4 Å². The van der Waals surface area contributed by atoms with Crippen LogP contribution in [0.5, 0.6) is 5.75 Å². The first-order valence-corrected chi connectivity index (χ1v) is 9.49. The highest BCUT2D eigenvalue weighted by molar-refractivity contribution is 8.01. The van der Waals surface area contributed by atoms with Crippen molar-refractivity contribution in [2.24, 2.45) is 5.92 Å². The van der Waals surface area contributed by atoms with Gasteiger partial charge in [0.25, 0.3) is 0 Å². The topological polar surface area (TPSA) is 108 Å². The van der Waals surface area contributed by atoms with E-state index in [2.05, 4.69) is 15.5 Å². The fourth-order valence-electron chi connectivity index (χ4n) is 2.51. The van der Waals surface area contributed by atoms with E-state index < -0.39 is 5.92 Å². The molecule has 3 rings (SSSR count). The van der Waals surface area contributed by atoms with E-state index in [9.17, 15) is 9.59 Å². The van der Waals surface area contributed by atoms with E-state index in [-0.39, 0.29) is 24.0 Å². The number of benzene rings is 1. The predicted molar refractivity (Wildman–Crippen MR) is 98.3 cm³/mol. The average molecular weight is 389 g/mol. The molecule has 1 atom stereocenters. The van der Waals surface area contributed by atoms with Gasteiger partial charge in [-0.05, 0) is 24.3 Å². The summed E-state index contributed by atoms with van der Waals surface area (Å²) < 4.78 is 5.73. The summed E-state index contributed by atoms with van der Waals surface area (Å²) in [4.78, 5) is 26.3. The largest absolute Gasteiger partial charge is 0.497 e. The van der Waals surface area contributed by atoms with Crippen molar-refractivity contribution in [2.45, 2.75) is 10.8 Å². The number of nitrogens with zero attached hydrogens (tertiary/aromatic N) is 4. The quantitative estimate of drug-likeness (QED) is 0.596. The van der Waals surface area contributed by atoms with E-state index in [1.807, 2.05) is 6.07 Å². The molecule has 1 fully saturated rings. The van der Waals surface area contributed by atoms with Gasteiger partial charge in [0, 0.05) is 18.7 Å². The molecular weight excluding hydrogens is 374 g/mol. The van der Waals surface area contributed by atoms with Gasteiger partial charge in [0.1, 0.15) is 5.75 Å². The summed E-state index contributed by atoms with van der Waals surface area (Å²) in [7, 11) is 1.58. The van der Waals surface area contributed by atoms with Gasteiger partial charge >= 0.3 is 0 Å². The number of rotatable bonds is 6. The highest BCUT2D eigenvalue weighted by Gasteiger charge is 2.35. The number of thioether (sulfide) groups is 1. The average Bonchev–Trinajstić information content (AvgIpc) is 3.26. The standard InChI is InChI=1S/C16H15N5O3S2/c1-24-12-4-2-11(3-5-12)21-9-10(8-13(21)22)14(23)18-15-19-20-16(26-15)25-7-6-17/h2-5,10H,7-9H2,1H3,(H,18,19,23)/t10-/m0/s1. The number of amides is 2. The lowest BCUT2D eigenvalue weighted by Crippen LogP contribution is -2.28. The first-order chi connectivity index (χ1) is 12.6. The highest BCUT2D eigenvalue weighted by Crippen LogP contribution is 2.29. The summed E-state index contributed by atoms with van der Waals surface area (Å²) in [6.07, 6.45) is 0.146. The first kappa shape index (κ1) is 18.2. The minimum Gasteiger partial charge on any atom is -0.497 e. The number of hydrogen-bond acceptors (Lipinski definition) is 8. The van der Waals surface area contributed by atoms with E-state index in [4.69, 9.17) is 10.00 Å². The number of methoxy groups -OCH3 is 1. The number of nitriles is 1. The molecule has 134 valence electrons. The maximum absolute atomic E-state index is 12.4. The van der Waals surface area contributed by atoms with Crippen molar-refractivity contribution in [1.29, 1.82) is 5.26 Å². The van der Waals surface area contributed by atoms with Gasteiger partial charge in [0.15, 0.2) is 4.34 Å². The number of nitrogens with one attached hydrogen (secondary N) is 1. The normalized spacial score (nSPS) is 16.4. The Kier molecular flexibility index (Phi) is 5.70. The van der Waals surface area contributed by atoms with Crippen molar-refractivity contribution in [3.63, 3.8) is 0 Å². The molecule has 26 heavy (non-hydrogen) atoms. The SMILES string of the molecule is COc1ccc(N2C[C@@H](C(=O)Nc3nnc(SCC#N)s3)CC2=O)cc1. The number of hydrogen-bond donors (Lipinski definition) is 1. The minimum absolute atomic E-state index is 0.0992. The van der Waals surface area contributed by atoms with Crippen molar-refractivity contribution in [3.8, 4) is 11.8 Å². The second kappa shape index (κ2) is 8.16. The number of aromatic nitrogens is 2. The van der Waals surface area contributed by atoms with E-state index in [0.29, 0.717) is 21.8 Å². The lowest BCUT2D eigenvalue weighted by atomic mass is 10.1. The van der Waals surface area contributed by atoms with Crippen molar-refractivity contribution in [2.75, 3.05) is 29.6 Å². The van der Waals surface area contributed by atoms with Crippen LogP contribution >= 0.6 is 23.1 Å². The Morgan fingerprint density at radius 2 is 2.23 bits per heavy atom. The molecule has 2 amide bonds. The molecule has 0 saturated carbocycles. The molecule has 8 nitrogen and oxygen atoms in total. The molecule has 2 heterocycles. The van der Waals surface area contributed by atoms with E-state index >= 15 is 0 Å². The molecule has 0 unspecified atom stereocenters. The molecule has 1 aliphatic heterocycles. The van der Waals surface area contributed by atoms with Gasteiger partial charge in [0.05, 0.1) is 24.8 Å². The van der Waals surface area contributed by atoms with Crippen LogP contribution in [0.1, 0.15) is 6.42 Å². The lowest BCUT2D eigenvalue weighted by Gasteiger charge is -2.16. The molecule has 1 N–H and O–H groups in total. The summed E-state index contributed by atoms with van der Waals surface area (Å²) in [5.74, 6) is 0.163. The van der Waals surface area contributed by atoms with Gasteiger partial charge in [-0.25, -0.2) is 0 Å². The Morgan fingerprint density at radius 3 is 2.92 bits per heavy atom. The Hall–Kier alpha value is -2.64. The molecule has 0 radical (unpaired) electrons. The van der Waals surface area contributed by atoms with Gasteiger partial charge in [-0.3, -0.25) is 9.59 Å². The van der Waals surface area contributed by atoms with E-state index in [0.717, 1.165) is 5.69 Å². The zero-order chi connectivity index (χ0) is 18.5. The third-order valence-corrected chi connectivity index (χ3v) is 5.62. The third kappa shape index (κ3) is 4.12. The molecule has 1 aromatic heterocycles. The number of ether oxygens (including phenoxy) is 1. The summed E-state index contributed by atoms with van der Waals surface area (Å²) in [5, 5.41) is 19.4. The van der Waals surface area contributed by atoms with Crippen molar-refractivity contribution < 1.29 is 14.3 Å². The van der Waals surface area contributed by atoms with Gasteiger partial charge in [0.2, 0.25) is 16.9 Å². The number of carbonyl (C=O) groups is 2. The predicted octanol–water partition coefficient (Wildman–Crippen LogP) is 2.15. The molecule has 2 aromatic rings. The van der Waals surface area contributed by atoms with Crippen LogP contribution in [0.4, 0.5) is 10.8 Å². The fourth-order valence-corrected chi connectivity index (χ4v) is 3.93. The van der Waals surface area contributed by atoms with Gasteiger partial charge in [-0.1, -0.05) is 23.1 Å². The molecule has 1 aliphatic rings. The second-order valence-corrected chi connectivity index (χ2v) is 7.61. The maximum atomic E-state index is 12.4. The highest BCUT2D eigenvalue weighted by atomic mass is 32.2. The molecule has 0 aliphatic carbocycles. The number of anilines is 2. The smallest absolute Gasteiger partial charge is 0.231 e. The van der Waals surface area contributed by atoms with Crippen molar-refractivity contribution in [3.05, 3.63) is 24.3 Å². The van der Waals surface area contributed by atoms with E-state index in [1.54, 1.807) is 36.3 Å². The van der Waals surface area contributed by atoms with Crippen LogP contribution in [0.25, 0.3) is 0 Å². The summed E-state index contributed by atoms with van der Waals surface area (Å²) in [5.41, 5.74) is 0.734. The Balaban J connectivity index is 1.61. The Morgan fingerprint density at radius 1 is 1.46 bits per heavy atom. The van der Waals surface area contributed by atoms with Gasteiger partial charge in [-0.2, -0.15) is 5.26 Å². The minimum atomic E-state index is -0.455. The third-order valence-electron chi connectivity index (χ3n) is 3.78. The van der Waals surface area contributed by atoms with Crippen molar-refractivity contribution in [1.82, 2.24) is 10.2 Å². The van der Waals surface area contributed by atoms with Crippen LogP contribution in [0, 0.1) is 17.2 Å². The molecule has 1 aromatic carbocycles. The van der Waals surface area contributed by atoms with Gasteiger partial charge in [-0.15, -0.1) is 10.2 Å². The molecular formula is C16H15N5O3S2. The first-order valence-electron chi connectivity index (χ1n) is 7.69. The molecule has 10 heteroatoms. The van der Waals surface area contributed by atoms with Gasteiger partial charge < -0.3 is 15.0 Å². The van der Waals surface area contributed by atoms with Crippen LogP contribution in [-0.2, 0) is 9.59 Å². The van der Waals surface area contributed by atoms with Crippen LogP contribution < -0.4 is 15.0 Å². The second-order valence-electron chi connectivity index (χ2n) is 5.41. The zero-order valence-corrected chi connectivity index (χ0v) is 15.5. The summed E-state index contributed by atoms with van der Waals surface area (Å²) in [6.45, 7) is 0.311. The summed E-state index contributed by atoms with van der Waals surface area (Å²) in [6, 6.07) is 9.14. The Labute approximate surface area is 158 Å². The Bertz CT molecular complexity index is 846. The van der Waals surface area contributed by atoms with Crippen LogP contribution in [0.15, 0.2) is 28.6 Å². The monoisotopic (exact) mass is 389 g/mol. The maximum Gasteiger partial charge on any atom is 0.231 e. The fraction of sp³-hybridized carbons (Fsp3) is 0.312. The molecule has 1 saturated heterocycles. The van der Waals surface area contributed by atoms with Crippen molar-refractivity contribution >= 4 is 45.7 Å². The van der Waals surface area contributed by atoms with E-state index in [1.165, 1.54) is 23.1 Å². The lowest BCUT2D eigenvalue weighted by molar-refractivity contribution is -0.122. The van der Waals surface area contributed by atoms with Crippen LogP contribution in [0.2, 0.25) is 0 Å². The molecule has 0 bridgehead atoms. The zero-order valence-electron chi connectivity index (χ0n) is 13.8. The molecule has 0 spiro atoms. The van der Waals surface area contributed by atoms with Crippen LogP contribution in [0.3, 0.4) is 0 Å². The number of carbonyl (C=O) groups excluding carboxylic acids is 2.